The number of carbonyl (C=O) groups is 1. The molecule has 1 aliphatic rings. The summed E-state index contributed by atoms with van der Waals surface area (Å²) in [6.45, 7) is 2.12. The molecule has 15 heavy (non-hydrogen) atoms. The molecule has 0 aromatic rings. The number of esters is 1. The quantitative estimate of drug-likeness (QED) is 0.736. The molecule has 2 nitrogen and oxygen atoms in total. The monoisotopic (exact) mass is 270 g/mol. The van der Waals surface area contributed by atoms with Gasteiger partial charge in [-0.1, -0.05) is 46.7 Å². The standard InChI is InChI=1S/C12H15BrO2/c1-9-7-10(3-5-11(13)8-9)4-6-12(14)15-2/h3,5,7-9H,4,6H2,1-2H3. The van der Waals surface area contributed by atoms with Crippen molar-refractivity contribution in [3.8, 4) is 0 Å². The summed E-state index contributed by atoms with van der Waals surface area (Å²) in [4.78, 5) is 11.0. The van der Waals surface area contributed by atoms with Gasteiger partial charge in [-0.2, -0.15) is 0 Å². The fraction of sp³-hybridized carbons (Fsp3) is 0.417. The molecule has 1 rings (SSSR count). The molecule has 1 aliphatic carbocycles. The van der Waals surface area contributed by atoms with E-state index in [0.717, 1.165) is 10.9 Å². The Balaban J connectivity index is 2.56. The van der Waals surface area contributed by atoms with Gasteiger partial charge in [0.1, 0.15) is 0 Å². The summed E-state index contributed by atoms with van der Waals surface area (Å²) in [6.07, 6.45) is 9.51. The number of rotatable bonds is 3. The maximum absolute atomic E-state index is 11.0. The first-order valence-electron chi connectivity index (χ1n) is 4.94. The van der Waals surface area contributed by atoms with Crippen molar-refractivity contribution in [3.05, 3.63) is 34.4 Å². The lowest BCUT2D eigenvalue weighted by molar-refractivity contribution is -0.140. The minimum Gasteiger partial charge on any atom is -0.469 e. The number of ether oxygens (including phenoxy) is 1. The zero-order valence-electron chi connectivity index (χ0n) is 9.00. The maximum atomic E-state index is 11.0. The van der Waals surface area contributed by atoms with Gasteiger partial charge in [0.25, 0.3) is 0 Å². The van der Waals surface area contributed by atoms with Crippen LogP contribution in [-0.2, 0) is 9.53 Å². The number of hydrogen-bond acceptors (Lipinski definition) is 2. The van der Waals surface area contributed by atoms with E-state index in [2.05, 4.69) is 39.7 Å². The highest BCUT2D eigenvalue weighted by molar-refractivity contribution is 9.11. The predicted octanol–water partition coefficient (Wildman–Crippen LogP) is 3.35. The highest BCUT2D eigenvalue weighted by Gasteiger charge is 2.05. The van der Waals surface area contributed by atoms with Gasteiger partial charge in [-0.3, -0.25) is 4.79 Å². The topological polar surface area (TPSA) is 26.3 Å². The van der Waals surface area contributed by atoms with Crippen molar-refractivity contribution in [2.24, 2.45) is 5.92 Å². The van der Waals surface area contributed by atoms with Gasteiger partial charge >= 0.3 is 5.97 Å². The second kappa shape index (κ2) is 5.91. The minimum absolute atomic E-state index is 0.159. The molecule has 0 heterocycles. The largest absolute Gasteiger partial charge is 0.469 e. The molecule has 0 saturated heterocycles. The molecular weight excluding hydrogens is 256 g/mol. The van der Waals surface area contributed by atoms with Crippen LogP contribution in [0.15, 0.2) is 34.4 Å². The van der Waals surface area contributed by atoms with Crippen LogP contribution in [0.4, 0.5) is 0 Å². The Hall–Kier alpha value is -0.830. The average molecular weight is 271 g/mol. The molecule has 82 valence electrons. The second-order valence-electron chi connectivity index (χ2n) is 3.56. The zero-order chi connectivity index (χ0) is 11.3. The van der Waals surface area contributed by atoms with E-state index >= 15 is 0 Å². The van der Waals surface area contributed by atoms with Crippen molar-refractivity contribution < 1.29 is 9.53 Å². The summed E-state index contributed by atoms with van der Waals surface area (Å²) >= 11 is 3.45. The van der Waals surface area contributed by atoms with E-state index in [0.29, 0.717) is 12.3 Å². The fourth-order valence-corrected chi connectivity index (χ4v) is 2.00. The Kier molecular flexibility index (Phi) is 4.82. The first-order chi connectivity index (χ1) is 7.11. The molecule has 0 aromatic heterocycles. The second-order valence-corrected chi connectivity index (χ2v) is 4.48. The van der Waals surface area contributed by atoms with Crippen LogP contribution in [0.5, 0.6) is 0 Å². The fourth-order valence-electron chi connectivity index (χ4n) is 1.45. The first kappa shape index (κ1) is 12.2. The summed E-state index contributed by atoms with van der Waals surface area (Å²) in [5.41, 5.74) is 1.18. The van der Waals surface area contributed by atoms with E-state index in [1.807, 2.05) is 12.2 Å². The van der Waals surface area contributed by atoms with Gasteiger partial charge in [0.2, 0.25) is 0 Å². The van der Waals surface area contributed by atoms with Crippen LogP contribution in [-0.4, -0.2) is 13.1 Å². The third-order valence-corrected chi connectivity index (χ3v) is 2.73. The summed E-state index contributed by atoms with van der Waals surface area (Å²) in [6, 6.07) is 0. The summed E-state index contributed by atoms with van der Waals surface area (Å²) < 4.78 is 5.69. The lowest BCUT2D eigenvalue weighted by atomic mass is 10.1. The van der Waals surface area contributed by atoms with E-state index < -0.39 is 0 Å². The van der Waals surface area contributed by atoms with Crippen LogP contribution in [0.2, 0.25) is 0 Å². The van der Waals surface area contributed by atoms with Crippen LogP contribution in [0.3, 0.4) is 0 Å². The average Bonchev–Trinajstić information content (AvgIpc) is 2.36. The third-order valence-electron chi connectivity index (χ3n) is 2.20. The predicted molar refractivity (Wildman–Crippen MR) is 64.6 cm³/mol. The van der Waals surface area contributed by atoms with Crippen molar-refractivity contribution in [3.63, 3.8) is 0 Å². The van der Waals surface area contributed by atoms with Crippen molar-refractivity contribution in [2.45, 2.75) is 19.8 Å². The van der Waals surface area contributed by atoms with E-state index in [4.69, 9.17) is 0 Å². The van der Waals surface area contributed by atoms with Gasteiger partial charge in [-0.05, 0) is 18.4 Å². The molecule has 0 saturated carbocycles. The molecule has 0 bridgehead atoms. The summed E-state index contributed by atoms with van der Waals surface area (Å²) in [5.74, 6) is 0.232. The van der Waals surface area contributed by atoms with E-state index in [1.165, 1.54) is 12.7 Å². The Bertz CT molecular complexity index is 327. The van der Waals surface area contributed by atoms with Gasteiger partial charge in [-0.25, -0.2) is 0 Å². The molecule has 1 atom stereocenters. The van der Waals surface area contributed by atoms with Gasteiger partial charge in [0.05, 0.1) is 7.11 Å². The van der Waals surface area contributed by atoms with Crippen molar-refractivity contribution in [1.82, 2.24) is 0 Å². The Morgan fingerprint density at radius 3 is 2.87 bits per heavy atom. The molecule has 0 aromatic carbocycles. The molecular formula is C12H15BrO2. The lowest BCUT2D eigenvalue weighted by Gasteiger charge is -2.02. The Labute approximate surface area is 98.8 Å². The maximum Gasteiger partial charge on any atom is 0.305 e. The molecule has 3 heteroatoms. The molecule has 0 radical (unpaired) electrons. The van der Waals surface area contributed by atoms with Crippen molar-refractivity contribution >= 4 is 21.9 Å². The van der Waals surface area contributed by atoms with Gasteiger partial charge < -0.3 is 4.74 Å². The van der Waals surface area contributed by atoms with Crippen molar-refractivity contribution in [1.29, 1.82) is 0 Å². The number of carbonyl (C=O) groups excluding carboxylic acids is 1. The normalized spacial score (nSPS) is 20.3. The SMILES string of the molecule is COC(=O)CCC1=CC(C)C=C(Br)C=C1. The molecule has 0 amide bonds. The van der Waals surface area contributed by atoms with Crippen LogP contribution >= 0.6 is 15.9 Å². The Morgan fingerprint density at radius 1 is 1.47 bits per heavy atom. The number of methoxy groups -OCH3 is 1. The van der Waals surface area contributed by atoms with Gasteiger partial charge in [-0.15, -0.1) is 0 Å². The molecule has 0 aliphatic heterocycles. The summed E-state index contributed by atoms with van der Waals surface area (Å²) in [7, 11) is 1.42. The summed E-state index contributed by atoms with van der Waals surface area (Å²) in [5, 5.41) is 0. The molecule has 0 N–H and O–H groups in total. The van der Waals surface area contributed by atoms with Crippen LogP contribution in [0.1, 0.15) is 19.8 Å². The van der Waals surface area contributed by atoms with Crippen LogP contribution in [0, 0.1) is 5.92 Å². The molecule has 0 fully saturated rings. The first-order valence-corrected chi connectivity index (χ1v) is 5.74. The highest BCUT2D eigenvalue weighted by Crippen LogP contribution is 2.21. The lowest BCUT2D eigenvalue weighted by Crippen LogP contribution is -2.00. The van der Waals surface area contributed by atoms with E-state index in [-0.39, 0.29) is 5.97 Å². The van der Waals surface area contributed by atoms with E-state index in [1.54, 1.807) is 0 Å². The van der Waals surface area contributed by atoms with Gasteiger partial charge in [0, 0.05) is 10.9 Å². The zero-order valence-corrected chi connectivity index (χ0v) is 10.6. The number of hydrogen-bond donors (Lipinski definition) is 0. The number of halogens is 1. The highest BCUT2D eigenvalue weighted by atomic mass is 79.9. The third kappa shape index (κ3) is 4.47. The van der Waals surface area contributed by atoms with Crippen molar-refractivity contribution in [2.75, 3.05) is 7.11 Å². The smallest absolute Gasteiger partial charge is 0.305 e. The van der Waals surface area contributed by atoms with Gasteiger partial charge in [0.15, 0.2) is 0 Å². The Morgan fingerprint density at radius 2 is 2.20 bits per heavy atom. The number of allylic oxidation sites excluding steroid dienone is 6. The minimum atomic E-state index is -0.159. The molecule has 0 spiro atoms. The van der Waals surface area contributed by atoms with Crippen LogP contribution < -0.4 is 0 Å². The molecule has 1 unspecified atom stereocenters. The van der Waals surface area contributed by atoms with Crippen LogP contribution in [0.25, 0.3) is 0 Å². The van der Waals surface area contributed by atoms with E-state index in [9.17, 15) is 4.79 Å².